The number of aromatic nitrogens is 2. The molecule has 3 rings (SSSR count). The summed E-state index contributed by atoms with van der Waals surface area (Å²) in [6.07, 6.45) is 1.07. The maximum Gasteiger partial charge on any atom is 0.331 e. The van der Waals surface area contributed by atoms with Gasteiger partial charge in [0.2, 0.25) is 0 Å². The van der Waals surface area contributed by atoms with Crippen molar-refractivity contribution in [2.45, 2.75) is 32.9 Å². The summed E-state index contributed by atoms with van der Waals surface area (Å²) < 4.78 is 8.37. The molecule has 0 fully saturated rings. The number of aryl methyl sites for hydroxylation is 2. The van der Waals surface area contributed by atoms with E-state index in [9.17, 15) is 14.7 Å². The van der Waals surface area contributed by atoms with E-state index < -0.39 is 0 Å². The monoisotopic (exact) mass is 388 g/mol. The second-order valence-electron chi connectivity index (χ2n) is 6.33. The normalized spacial score (nSPS) is 11.4. The Bertz CT molecular complexity index is 1030. The number of benzene rings is 1. The maximum absolute atomic E-state index is 12.8. The SMILES string of the molecule is CCOCc1sc2c(c1CCO)c(=O)n(C)c(=O)n2CCc1ccccc1. The van der Waals surface area contributed by atoms with E-state index in [-0.39, 0.29) is 17.9 Å². The van der Waals surface area contributed by atoms with Crippen LogP contribution in [0.25, 0.3) is 10.2 Å². The highest BCUT2D eigenvalue weighted by molar-refractivity contribution is 7.18. The Hall–Kier alpha value is -2.22. The first-order valence-corrected chi connectivity index (χ1v) is 9.86. The Kier molecular flexibility index (Phi) is 6.26. The van der Waals surface area contributed by atoms with Crippen LogP contribution in [-0.4, -0.2) is 27.5 Å². The minimum absolute atomic E-state index is 0.0583. The highest BCUT2D eigenvalue weighted by Gasteiger charge is 2.20. The summed E-state index contributed by atoms with van der Waals surface area (Å²) in [4.78, 5) is 27.1. The van der Waals surface area contributed by atoms with Crippen molar-refractivity contribution in [1.82, 2.24) is 9.13 Å². The predicted octanol–water partition coefficient (Wildman–Crippen LogP) is 2.08. The van der Waals surface area contributed by atoms with Crippen molar-refractivity contribution >= 4 is 21.6 Å². The molecule has 7 heteroatoms. The van der Waals surface area contributed by atoms with Gasteiger partial charge in [0.15, 0.2) is 0 Å². The van der Waals surface area contributed by atoms with Gasteiger partial charge in [0.05, 0.1) is 12.0 Å². The van der Waals surface area contributed by atoms with Gasteiger partial charge in [0.1, 0.15) is 4.83 Å². The number of thiophene rings is 1. The molecular formula is C20H24N2O4S. The summed E-state index contributed by atoms with van der Waals surface area (Å²) >= 11 is 1.42. The van der Waals surface area contributed by atoms with E-state index in [1.807, 2.05) is 37.3 Å². The zero-order valence-electron chi connectivity index (χ0n) is 15.6. The fourth-order valence-corrected chi connectivity index (χ4v) is 4.50. The summed E-state index contributed by atoms with van der Waals surface area (Å²) in [7, 11) is 1.51. The lowest BCUT2D eigenvalue weighted by molar-refractivity contribution is 0.135. The van der Waals surface area contributed by atoms with Crippen LogP contribution in [-0.2, 0) is 37.8 Å². The predicted molar refractivity (Wildman–Crippen MR) is 108 cm³/mol. The first-order valence-electron chi connectivity index (χ1n) is 9.05. The van der Waals surface area contributed by atoms with Gasteiger partial charge in [-0.1, -0.05) is 30.3 Å². The van der Waals surface area contributed by atoms with Crippen molar-refractivity contribution in [3.05, 3.63) is 67.2 Å². The zero-order chi connectivity index (χ0) is 19.4. The van der Waals surface area contributed by atoms with Gasteiger partial charge in [-0.15, -0.1) is 11.3 Å². The standard InChI is InChI=1S/C20H24N2O4S/c1-3-26-13-16-15(10-12-23)17-18(24)21(2)20(25)22(19(17)27-16)11-9-14-7-5-4-6-8-14/h4-8,23H,3,9-13H2,1-2H3. The molecule has 0 saturated carbocycles. The van der Waals surface area contributed by atoms with E-state index in [0.29, 0.717) is 42.8 Å². The van der Waals surface area contributed by atoms with Crippen molar-refractivity contribution in [1.29, 1.82) is 0 Å². The van der Waals surface area contributed by atoms with E-state index in [4.69, 9.17) is 4.74 Å². The molecule has 1 aromatic carbocycles. The third-order valence-electron chi connectivity index (χ3n) is 4.62. The minimum Gasteiger partial charge on any atom is -0.396 e. The van der Waals surface area contributed by atoms with Crippen LogP contribution in [0, 0.1) is 0 Å². The van der Waals surface area contributed by atoms with Crippen molar-refractivity contribution in [3.8, 4) is 0 Å². The summed E-state index contributed by atoms with van der Waals surface area (Å²) in [5, 5.41) is 10.00. The van der Waals surface area contributed by atoms with Gasteiger partial charge in [-0.05, 0) is 30.9 Å². The van der Waals surface area contributed by atoms with Crippen LogP contribution < -0.4 is 11.2 Å². The lowest BCUT2D eigenvalue weighted by atomic mass is 10.1. The molecule has 0 radical (unpaired) electrons. The van der Waals surface area contributed by atoms with Gasteiger partial charge in [-0.2, -0.15) is 0 Å². The van der Waals surface area contributed by atoms with Gasteiger partial charge in [0, 0.05) is 31.7 Å². The fourth-order valence-electron chi connectivity index (χ4n) is 3.20. The number of aliphatic hydroxyl groups is 1. The van der Waals surface area contributed by atoms with Gasteiger partial charge in [-0.3, -0.25) is 13.9 Å². The van der Waals surface area contributed by atoms with Crippen molar-refractivity contribution in [3.63, 3.8) is 0 Å². The quantitative estimate of drug-likeness (QED) is 0.641. The number of ether oxygens (including phenoxy) is 1. The number of rotatable bonds is 8. The molecule has 6 nitrogen and oxygen atoms in total. The average Bonchev–Trinajstić information content (AvgIpc) is 3.04. The average molecular weight is 388 g/mol. The molecular weight excluding hydrogens is 364 g/mol. The number of fused-ring (bicyclic) bond motifs is 1. The Morgan fingerprint density at radius 3 is 2.56 bits per heavy atom. The summed E-state index contributed by atoms with van der Waals surface area (Å²) in [6, 6.07) is 9.95. The zero-order valence-corrected chi connectivity index (χ0v) is 16.4. The van der Waals surface area contributed by atoms with Crippen LogP contribution in [0.1, 0.15) is 22.9 Å². The molecule has 0 bridgehead atoms. The molecule has 1 N–H and O–H groups in total. The third-order valence-corrected chi connectivity index (χ3v) is 5.85. The minimum atomic E-state index is -0.316. The molecule has 0 unspecified atom stereocenters. The van der Waals surface area contributed by atoms with Crippen LogP contribution >= 0.6 is 11.3 Å². The molecule has 0 spiro atoms. The van der Waals surface area contributed by atoms with E-state index in [0.717, 1.165) is 20.6 Å². The Morgan fingerprint density at radius 1 is 1.15 bits per heavy atom. The molecule has 2 aromatic heterocycles. The highest BCUT2D eigenvalue weighted by atomic mass is 32.1. The summed E-state index contributed by atoms with van der Waals surface area (Å²) in [6.45, 7) is 3.28. The molecule has 0 atom stereocenters. The van der Waals surface area contributed by atoms with Crippen LogP contribution in [0.3, 0.4) is 0 Å². The van der Waals surface area contributed by atoms with Gasteiger partial charge >= 0.3 is 5.69 Å². The van der Waals surface area contributed by atoms with Crippen molar-refractivity contribution in [2.75, 3.05) is 13.2 Å². The van der Waals surface area contributed by atoms with Gasteiger partial charge < -0.3 is 9.84 Å². The summed E-state index contributed by atoms with van der Waals surface area (Å²) in [5.74, 6) is 0. The van der Waals surface area contributed by atoms with Gasteiger partial charge in [0.25, 0.3) is 5.56 Å². The van der Waals surface area contributed by atoms with Crippen molar-refractivity contribution < 1.29 is 9.84 Å². The molecule has 0 aliphatic heterocycles. The largest absolute Gasteiger partial charge is 0.396 e. The molecule has 0 amide bonds. The lowest BCUT2D eigenvalue weighted by Crippen LogP contribution is -2.38. The topological polar surface area (TPSA) is 73.5 Å². The molecule has 0 saturated heterocycles. The van der Waals surface area contributed by atoms with Crippen LogP contribution in [0.2, 0.25) is 0 Å². The number of nitrogens with zero attached hydrogens (tertiary/aromatic N) is 2. The van der Waals surface area contributed by atoms with Gasteiger partial charge in [-0.25, -0.2) is 4.79 Å². The first kappa shape index (κ1) is 19.5. The van der Waals surface area contributed by atoms with E-state index in [1.165, 1.54) is 18.4 Å². The molecule has 0 aliphatic rings. The molecule has 0 aliphatic carbocycles. The number of hydrogen-bond acceptors (Lipinski definition) is 5. The number of aliphatic hydroxyl groups excluding tert-OH is 1. The van der Waals surface area contributed by atoms with Crippen molar-refractivity contribution in [2.24, 2.45) is 7.05 Å². The number of hydrogen-bond donors (Lipinski definition) is 1. The Balaban J connectivity index is 2.14. The molecule has 27 heavy (non-hydrogen) atoms. The molecule has 144 valence electrons. The molecule has 3 aromatic rings. The lowest BCUT2D eigenvalue weighted by Gasteiger charge is -2.10. The van der Waals surface area contributed by atoms with E-state index in [2.05, 4.69) is 0 Å². The van der Waals surface area contributed by atoms with E-state index >= 15 is 0 Å². The van der Waals surface area contributed by atoms with Crippen LogP contribution in [0.15, 0.2) is 39.9 Å². The second kappa shape index (κ2) is 8.65. The molecule has 2 heterocycles. The summed E-state index contributed by atoms with van der Waals surface area (Å²) in [5.41, 5.74) is 1.30. The Morgan fingerprint density at radius 2 is 1.89 bits per heavy atom. The third kappa shape index (κ3) is 3.90. The highest BCUT2D eigenvalue weighted by Crippen LogP contribution is 2.29. The fraction of sp³-hybridized carbons (Fsp3) is 0.400. The second-order valence-corrected chi connectivity index (χ2v) is 7.41. The van der Waals surface area contributed by atoms with E-state index in [1.54, 1.807) is 4.57 Å². The van der Waals surface area contributed by atoms with Crippen LogP contribution in [0.4, 0.5) is 0 Å². The smallest absolute Gasteiger partial charge is 0.331 e. The Labute approximate surface area is 161 Å². The maximum atomic E-state index is 12.8. The van der Waals surface area contributed by atoms with Crippen LogP contribution in [0.5, 0.6) is 0 Å². The first-order chi connectivity index (χ1) is 13.1.